The minimum Gasteiger partial charge on any atom is -0.276 e. The standard InChI is InChI=1S/C20H19N3O3/c1-3-14-9-5-6-10-16(14)21-12-15-18(24)22-20(26)23(19(15)25)17-11-7-4-8-13(17)2/h4-12,15H,3H2,1-2H3,(H,22,24,26)/t15-/m0/s1. The van der Waals surface area contributed by atoms with Gasteiger partial charge >= 0.3 is 6.03 Å². The molecule has 0 unspecified atom stereocenters. The van der Waals surface area contributed by atoms with Crippen LogP contribution in [0.4, 0.5) is 16.2 Å². The smallest absolute Gasteiger partial charge is 0.276 e. The Hall–Kier alpha value is -3.28. The van der Waals surface area contributed by atoms with Gasteiger partial charge in [-0.05, 0) is 36.6 Å². The highest BCUT2D eigenvalue weighted by Gasteiger charge is 2.40. The molecule has 26 heavy (non-hydrogen) atoms. The van der Waals surface area contributed by atoms with Gasteiger partial charge in [-0.1, -0.05) is 43.3 Å². The number of benzene rings is 2. The fraction of sp³-hybridized carbons (Fsp3) is 0.200. The van der Waals surface area contributed by atoms with Crippen LogP contribution in [0.15, 0.2) is 53.5 Å². The number of rotatable bonds is 4. The second kappa shape index (κ2) is 7.31. The number of para-hydroxylation sites is 2. The van der Waals surface area contributed by atoms with Gasteiger partial charge in [-0.3, -0.25) is 19.9 Å². The lowest BCUT2D eigenvalue weighted by Gasteiger charge is -2.29. The van der Waals surface area contributed by atoms with Gasteiger partial charge in [0.1, 0.15) is 0 Å². The molecule has 0 radical (unpaired) electrons. The van der Waals surface area contributed by atoms with Gasteiger partial charge in [-0.15, -0.1) is 0 Å². The van der Waals surface area contributed by atoms with Gasteiger partial charge in [-0.25, -0.2) is 9.69 Å². The van der Waals surface area contributed by atoms with Crippen molar-refractivity contribution in [3.8, 4) is 0 Å². The van der Waals surface area contributed by atoms with Gasteiger partial charge in [0, 0.05) is 6.21 Å². The predicted molar refractivity (Wildman–Crippen MR) is 99.7 cm³/mol. The van der Waals surface area contributed by atoms with Crippen LogP contribution in [0.5, 0.6) is 0 Å². The van der Waals surface area contributed by atoms with Crippen LogP contribution in [0.1, 0.15) is 18.1 Å². The van der Waals surface area contributed by atoms with Crippen molar-refractivity contribution in [2.75, 3.05) is 4.90 Å². The topological polar surface area (TPSA) is 78.8 Å². The highest BCUT2D eigenvalue weighted by atomic mass is 16.2. The highest BCUT2D eigenvalue weighted by Crippen LogP contribution is 2.24. The van der Waals surface area contributed by atoms with Crippen LogP contribution in [-0.2, 0) is 16.0 Å². The lowest BCUT2D eigenvalue weighted by Crippen LogP contribution is -2.58. The zero-order chi connectivity index (χ0) is 18.7. The molecule has 0 saturated carbocycles. The molecule has 1 atom stereocenters. The van der Waals surface area contributed by atoms with E-state index in [1.807, 2.05) is 37.3 Å². The number of carbonyl (C=O) groups excluding carboxylic acids is 3. The molecule has 2 aromatic rings. The summed E-state index contributed by atoms with van der Waals surface area (Å²) < 4.78 is 0. The first-order chi connectivity index (χ1) is 12.5. The van der Waals surface area contributed by atoms with Crippen LogP contribution in [0.25, 0.3) is 0 Å². The van der Waals surface area contributed by atoms with Crippen molar-refractivity contribution in [1.82, 2.24) is 5.32 Å². The number of aliphatic imine (C=N–C) groups is 1. The van der Waals surface area contributed by atoms with E-state index in [0.717, 1.165) is 22.4 Å². The number of anilines is 1. The number of barbiturate groups is 1. The summed E-state index contributed by atoms with van der Waals surface area (Å²) in [7, 11) is 0. The largest absolute Gasteiger partial charge is 0.335 e. The normalized spacial score (nSPS) is 17.7. The van der Waals surface area contributed by atoms with Gasteiger partial charge in [0.05, 0.1) is 11.4 Å². The molecule has 1 fully saturated rings. The molecule has 4 amide bonds. The summed E-state index contributed by atoms with van der Waals surface area (Å²) in [6.45, 7) is 3.80. The molecular weight excluding hydrogens is 330 g/mol. The monoisotopic (exact) mass is 349 g/mol. The summed E-state index contributed by atoms with van der Waals surface area (Å²) in [4.78, 5) is 42.6. The van der Waals surface area contributed by atoms with Crippen molar-refractivity contribution in [2.45, 2.75) is 20.3 Å². The summed E-state index contributed by atoms with van der Waals surface area (Å²) in [5.41, 5.74) is 2.93. The number of nitrogens with zero attached hydrogens (tertiary/aromatic N) is 2. The third-order valence-electron chi connectivity index (χ3n) is 4.29. The van der Waals surface area contributed by atoms with E-state index in [-0.39, 0.29) is 0 Å². The fourth-order valence-corrected chi connectivity index (χ4v) is 2.85. The number of urea groups is 1. The third-order valence-corrected chi connectivity index (χ3v) is 4.29. The van der Waals surface area contributed by atoms with Crippen LogP contribution in [0.3, 0.4) is 0 Å². The van der Waals surface area contributed by atoms with Crippen LogP contribution < -0.4 is 10.2 Å². The minimum atomic E-state index is -1.16. The van der Waals surface area contributed by atoms with E-state index >= 15 is 0 Å². The van der Waals surface area contributed by atoms with Crippen molar-refractivity contribution >= 4 is 35.4 Å². The van der Waals surface area contributed by atoms with E-state index in [1.54, 1.807) is 25.1 Å². The Labute approximate surface area is 151 Å². The lowest BCUT2D eigenvalue weighted by atomic mass is 10.0. The molecule has 1 aliphatic rings. The Morgan fingerprint density at radius 2 is 1.77 bits per heavy atom. The van der Waals surface area contributed by atoms with Gasteiger partial charge in [-0.2, -0.15) is 0 Å². The fourth-order valence-electron chi connectivity index (χ4n) is 2.85. The summed E-state index contributed by atoms with van der Waals surface area (Å²) in [6, 6.07) is 13.8. The van der Waals surface area contributed by atoms with Crippen molar-refractivity contribution < 1.29 is 14.4 Å². The van der Waals surface area contributed by atoms with Crippen LogP contribution >= 0.6 is 0 Å². The Morgan fingerprint density at radius 3 is 2.50 bits per heavy atom. The van der Waals surface area contributed by atoms with E-state index in [4.69, 9.17) is 0 Å². The SMILES string of the molecule is CCc1ccccc1N=C[C@H]1C(=O)NC(=O)N(c2ccccc2C)C1=O. The molecule has 1 N–H and O–H groups in total. The van der Waals surface area contributed by atoms with Crippen molar-refractivity contribution in [2.24, 2.45) is 10.9 Å². The summed E-state index contributed by atoms with van der Waals surface area (Å²) in [5.74, 6) is -2.43. The number of imide groups is 2. The first kappa shape index (κ1) is 17.5. The molecule has 0 aromatic heterocycles. The Kier molecular flexibility index (Phi) is 4.93. The first-order valence-electron chi connectivity index (χ1n) is 8.39. The molecule has 1 heterocycles. The Morgan fingerprint density at radius 1 is 1.08 bits per heavy atom. The summed E-state index contributed by atoms with van der Waals surface area (Å²) >= 11 is 0. The first-order valence-corrected chi connectivity index (χ1v) is 8.39. The van der Waals surface area contributed by atoms with E-state index in [9.17, 15) is 14.4 Å². The number of carbonyl (C=O) groups is 3. The van der Waals surface area contributed by atoms with E-state index < -0.39 is 23.8 Å². The maximum atomic E-state index is 12.8. The number of hydrogen-bond acceptors (Lipinski definition) is 4. The quantitative estimate of drug-likeness (QED) is 0.680. The summed E-state index contributed by atoms with van der Waals surface area (Å²) in [6.07, 6.45) is 2.09. The van der Waals surface area contributed by atoms with Gasteiger partial charge in [0.15, 0.2) is 5.92 Å². The van der Waals surface area contributed by atoms with Crippen LogP contribution in [0.2, 0.25) is 0 Å². The van der Waals surface area contributed by atoms with Crippen molar-refractivity contribution in [3.05, 3.63) is 59.7 Å². The molecule has 6 nitrogen and oxygen atoms in total. The molecule has 0 spiro atoms. The van der Waals surface area contributed by atoms with E-state index in [1.165, 1.54) is 6.21 Å². The second-order valence-corrected chi connectivity index (χ2v) is 5.99. The maximum Gasteiger partial charge on any atom is 0.335 e. The molecule has 6 heteroatoms. The van der Waals surface area contributed by atoms with Crippen molar-refractivity contribution in [3.63, 3.8) is 0 Å². The molecule has 1 aliphatic heterocycles. The lowest BCUT2D eigenvalue weighted by molar-refractivity contribution is -0.131. The Bertz CT molecular complexity index is 905. The molecule has 3 rings (SSSR count). The molecule has 0 aliphatic carbocycles. The minimum absolute atomic E-state index is 0.454. The second-order valence-electron chi connectivity index (χ2n) is 5.99. The Balaban J connectivity index is 1.93. The van der Waals surface area contributed by atoms with Crippen molar-refractivity contribution in [1.29, 1.82) is 0 Å². The zero-order valence-electron chi connectivity index (χ0n) is 14.6. The molecule has 132 valence electrons. The molecule has 2 aromatic carbocycles. The number of nitrogens with one attached hydrogen (secondary N) is 1. The van der Waals surface area contributed by atoms with E-state index in [2.05, 4.69) is 10.3 Å². The van der Waals surface area contributed by atoms with Gasteiger partial charge in [0.2, 0.25) is 5.91 Å². The zero-order valence-corrected chi connectivity index (χ0v) is 14.6. The maximum absolute atomic E-state index is 12.8. The van der Waals surface area contributed by atoms with Crippen LogP contribution in [-0.4, -0.2) is 24.1 Å². The average Bonchev–Trinajstić information content (AvgIpc) is 2.63. The van der Waals surface area contributed by atoms with Crippen LogP contribution in [0, 0.1) is 12.8 Å². The third kappa shape index (κ3) is 3.26. The molecular formula is C20H19N3O3. The number of aryl methyl sites for hydroxylation is 2. The number of amides is 4. The van der Waals surface area contributed by atoms with Gasteiger partial charge in [0.25, 0.3) is 5.91 Å². The van der Waals surface area contributed by atoms with E-state index in [0.29, 0.717) is 11.4 Å². The number of hydrogen-bond donors (Lipinski definition) is 1. The summed E-state index contributed by atoms with van der Waals surface area (Å²) in [5, 5.41) is 2.24. The average molecular weight is 349 g/mol. The predicted octanol–water partition coefficient (Wildman–Crippen LogP) is 3.16. The highest BCUT2D eigenvalue weighted by molar-refractivity contribution is 6.32. The molecule has 1 saturated heterocycles. The van der Waals surface area contributed by atoms with Gasteiger partial charge < -0.3 is 0 Å². The molecule has 0 bridgehead atoms.